The van der Waals surface area contributed by atoms with E-state index < -0.39 is 0 Å². The van der Waals surface area contributed by atoms with E-state index in [0.29, 0.717) is 34.4 Å². The Morgan fingerprint density at radius 1 is 1.11 bits per heavy atom. The van der Waals surface area contributed by atoms with Gasteiger partial charge >= 0.3 is 0 Å². The number of piperazine rings is 1. The topological polar surface area (TPSA) is 87.5 Å². The average molecular weight is 502 g/mol. The normalized spacial score (nSPS) is 14.0. The van der Waals surface area contributed by atoms with E-state index >= 15 is 0 Å². The number of benzene rings is 2. The fourth-order valence-electron chi connectivity index (χ4n) is 4.39. The Morgan fingerprint density at radius 2 is 1.92 bits per heavy atom. The molecule has 4 aromatic rings. The van der Waals surface area contributed by atoms with Gasteiger partial charge in [0.1, 0.15) is 17.4 Å². The summed E-state index contributed by atoms with van der Waals surface area (Å²) in [6.45, 7) is 7.04. The minimum Gasteiger partial charge on any atom is -0.494 e. The summed E-state index contributed by atoms with van der Waals surface area (Å²) in [6.07, 6.45) is 4.70. The highest BCUT2D eigenvalue weighted by Gasteiger charge is 2.21. The molecule has 1 amide bonds. The van der Waals surface area contributed by atoms with Crippen LogP contribution in [0, 0.1) is 5.82 Å². The van der Waals surface area contributed by atoms with Crippen LogP contribution >= 0.6 is 0 Å². The molecule has 3 heterocycles. The number of nitrogens with zero attached hydrogens (tertiary/aromatic N) is 5. The zero-order valence-electron chi connectivity index (χ0n) is 20.7. The number of methoxy groups -OCH3 is 1. The van der Waals surface area contributed by atoms with Crippen molar-refractivity contribution >= 4 is 39.8 Å². The molecule has 2 aromatic carbocycles. The first-order valence-corrected chi connectivity index (χ1v) is 11.9. The minimum absolute atomic E-state index is 0.309. The molecule has 2 N–H and O–H groups in total. The van der Waals surface area contributed by atoms with Gasteiger partial charge in [0.2, 0.25) is 11.9 Å². The molecule has 0 aliphatic carbocycles. The van der Waals surface area contributed by atoms with Gasteiger partial charge in [-0.3, -0.25) is 4.79 Å². The maximum atomic E-state index is 13.9. The number of anilines is 4. The molecule has 190 valence electrons. The van der Waals surface area contributed by atoms with E-state index in [2.05, 4.69) is 44.0 Å². The number of aromatic nitrogens is 3. The number of nitrogens with one attached hydrogen (secondary N) is 2. The minimum atomic E-state index is -0.320. The monoisotopic (exact) mass is 501 g/mol. The molecule has 0 bridgehead atoms. The van der Waals surface area contributed by atoms with Crippen molar-refractivity contribution in [2.24, 2.45) is 0 Å². The molecule has 0 spiro atoms. The number of carbonyl (C=O) groups is 1. The van der Waals surface area contributed by atoms with Crippen LogP contribution in [0.25, 0.3) is 16.7 Å². The van der Waals surface area contributed by atoms with Gasteiger partial charge in [0, 0.05) is 50.0 Å². The maximum Gasteiger partial charge on any atom is 0.247 e. The molecule has 5 rings (SSSR count). The lowest BCUT2D eigenvalue weighted by atomic mass is 10.1. The highest BCUT2D eigenvalue weighted by Crippen LogP contribution is 2.38. The predicted octanol–water partition coefficient (Wildman–Crippen LogP) is 4.19. The number of likely N-dealkylation sites (N-methyl/N-ethyl adjacent to an activating group) is 1. The number of rotatable bonds is 7. The summed E-state index contributed by atoms with van der Waals surface area (Å²) in [7, 11) is 3.68. The molecule has 0 saturated carbocycles. The van der Waals surface area contributed by atoms with Crippen molar-refractivity contribution < 1.29 is 13.9 Å². The fraction of sp³-hybridized carbons (Fsp3) is 0.222. The van der Waals surface area contributed by atoms with Crippen molar-refractivity contribution in [1.82, 2.24) is 19.4 Å². The molecule has 0 radical (unpaired) electrons. The van der Waals surface area contributed by atoms with Crippen LogP contribution in [0.4, 0.5) is 27.4 Å². The SMILES string of the molecule is C=CC(=O)Nc1cc(Nc2nccc(-n3ccc4ccc(F)cc43)n2)c(OC)cc1N1CCN(C)CC1. The first-order chi connectivity index (χ1) is 17.9. The van der Waals surface area contributed by atoms with Crippen LogP contribution in [0.2, 0.25) is 0 Å². The van der Waals surface area contributed by atoms with Crippen LogP contribution in [0.5, 0.6) is 5.75 Å². The lowest BCUT2D eigenvalue weighted by molar-refractivity contribution is -0.111. The molecule has 1 saturated heterocycles. The second kappa shape index (κ2) is 10.3. The van der Waals surface area contributed by atoms with Gasteiger partial charge in [0.25, 0.3) is 0 Å². The standard InChI is InChI=1S/C27H28FN7O2/c1-4-26(36)30-20-16-21(24(37-3)17-23(20)34-13-11-33(2)12-14-34)31-27-29-9-7-25(32-27)35-10-8-18-5-6-19(28)15-22(18)35/h4-10,15-17H,1,11-14H2,2-3H3,(H,30,36)(H,29,31,32). The molecule has 9 nitrogen and oxygen atoms in total. The Kier molecular flexibility index (Phi) is 6.74. The van der Waals surface area contributed by atoms with Gasteiger partial charge in [0.15, 0.2) is 0 Å². The second-order valence-corrected chi connectivity index (χ2v) is 8.81. The summed E-state index contributed by atoms with van der Waals surface area (Å²) in [6, 6.07) is 12.0. The van der Waals surface area contributed by atoms with Gasteiger partial charge < -0.3 is 29.7 Å². The lowest BCUT2D eigenvalue weighted by Gasteiger charge is -2.35. The third-order valence-corrected chi connectivity index (χ3v) is 6.39. The molecule has 1 aliphatic rings. The molecule has 1 fully saturated rings. The number of hydrogen-bond donors (Lipinski definition) is 2. The zero-order chi connectivity index (χ0) is 25.9. The molecular weight excluding hydrogens is 473 g/mol. The summed E-state index contributed by atoms with van der Waals surface area (Å²) < 4.78 is 21.4. The van der Waals surface area contributed by atoms with Crippen molar-refractivity contribution in [1.29, 1.82) is 0 Å². The molecule has 10 heteroatoms. The van der Waals surface area contributed by atoms with Gasteiger partial charge in [-0.1, -0.05) is 6.58 Å². The Labute approximate surface area is 214 Å². The van der Waals surface area contributed by atoms with Crippen LogP contribution in [-0.4, -0.2) is 65.7 Å². The van der Waals surface area contributed by atoms with Crippen molar-refractivity contribution in [2.75, 3.05) is 55.9 Å². The van der Waals surface area contributed by atoms with Gasteiger partial charge in [0.05, 0.1) is 29.7 Å². The fourth-order valence-corrected chi connectivity index (χ4v) is 4.39. The Bertz CT molecular complexity index is 1460. The number of ether oxygens (including phenoxy) is 1. The number of fused-ring (bicyclic) bond motifs is 1. The first-order valence-electron chi connectivity index (χ1n) is 11.9. The van der Waals surface area contributed by atoms with E-state index in [-0.39, 0.29) is 11.7 Å². The summed E-state index contributed by atoms with van der Waals surface area (Å²) in [5.74, 6) is 0.845. The number of hydrogen-bond acceptors (Lipinski definition) is 7. The van der Waals surface area contributed by atoms with Crippen LogP contribution in [0.15, 0.2) is 67.5 Å². The van der Waals surface area contributed by atoms with Crippen LogP contribution in [-0.2, 0) is 4.79 Å². The van der Waals surface area contributed by atoms with Gasteiger partial charge in [-0.2, -0.15) is 4.98 Å². The Hall–Kier alpha value is -4.44. The predicted molar refractivity (Wildman–Crippen MR) is 144 cm³/mol. The van der Waals surface area contributed by atoms with E-state index in [1.807, 2.05) is 24.4 Å². The van der Waals surface area contributed by atoms with E-state index in [0.717, 1.165) is 37.3 Å². The summed E-state index contributed by atoms with van der Waals surface area (Å²) >= 11 is 0. The number of carbonyl (C=O) groups excluding carboxylic acids is 1. The summed E-state index contributed by atoms with van der Waals surface area (Å²) in [5.41, 5.74) is 2.77. The quantitative estimate of drug-likeness (QED) is 0.367. The van der Waals surface area contributed by atoms with Gasteiger partial charge in [-0.15, -0.1) is 0 Å². The Balaban J connectivity index is 1.50. The molecule has 2 aromatic heterocycles. The van der Waals surface area contributed by atoms with E-state index in [1.54, 1.807) is 30.0 Å². The number of amides is 1. The Morgan fingerprint density at radius 3 is 2.68 bits per heavy atom. The van der Waals surface area contributed by atoms with Crippen molar-refractivity contribution in [3.05, 3.63) is 73.3 Å². The van der Waals surface area contributed by atoms with E-state index in [9.17, 15) is 9.18 Å². The first kappa shape index (κ1) is 24.3. The van der Waals surface area contributed by atoms with Crippen molar-refractivity contribution in [3.63, 3.8) is 0 Å². The van der Waals surface area contributed by atoms with Gasteiger partial charge in [-0.05, 0) is 49.5 Å². The molecular formula is C27H28FN7O2. The molecule has 0 unspecified atom stereocenters. The molecule has 37 heavy (non-hydrogen) atoms. The largest absolute Gasteiger partial charge is 0.494 e. The summed E-state index contributed by atoms with van der Waals surface area (Å²) in [4.78, 5) is 25.7. The smallest absolute Gasteiger partial charge is 0.247 e. The highest BCUT2D eigenvalue weighted by molar-refractivity contribution is 6.02. The number of halogens is 1. The summed E-state index contributed by atoms with van der Waals surface area (Å²) in [5, 5.41) is 7.03. The van der Waals surface area contributed by atoms with Crippen molar-refractivity contribution in [2.45, 2.75) is 0 Å². The highest BCUT2D eigenvalue weighted by atomic mass is 19.1. The van der Waals surface area contributed by atoms with Crippen LogP contribution in [0.1, 0.15) is 0 Å². The molecule has 0 atom stereocenters. The van der Waals surface area contributed by atoms with E-state index in [4.69, 9.17) is 4.74 Å². The lowest BCUT2D eigenvalue weighted by Crippen LogP contribution is -2.44. The van der Waals surface area contributed by atoms with Gasteiger partial charge in [-0.25, -0.2) is 9.37 Å². The van der Waals surface area contributed by atoms with E-state index in [1.165, 1.54) is 18.2 Å². The zero-order valence-corrected chi connectivity index (χ0v) is 20.7. The van der Waals surface area contributed by atoms with Crippen LogP contribution < -0.4 is 20.3 Å². The maximum absolute atomic E-state index is 13.9. The average Bonchev–Trinajstić information content (AvgIpc) is 3.32. The van der Waals surface area contributed by atoms with Crippen molar-refractivity contribution in [3.8, 4) is 11.6 Å². The second-order valence-electron chi connectivity index (χ2n) is 8.81. The third kappa shape index (κ3) is 5.10. The van der Waals surface area contributed by atoms with Crippen LogP contribution in [0.3, 0.4) is 0 Å². The third-order valence-electron chi connectivity index (χ3n) is 6.39. The molecule has 1 aliphatic heterocycles.